The molecule has 0 aromatic heterocycles. The summed E-state index contributed by atoms with van der Waals surface area (Å²) in [6.45, 7) is 0. The molecular weight excluding hydrogens is 418 g/mol. The topological polar surface area (TPSA) is 304 Å². The monoisotopic (exact) mass is 432 g/mol. The molecule has 0 atom stereocenters. The molecule has 0 radical (unpaired) electrons. The standard InChI is InChI=1S/3C3H4O4.Na.H3O4P/c3*4-2(5)1-3(6)7;;1-5(2,3)4/h3*1H2,(H,4,5)(H,6,7);;(H3,1,2,3,4)/q;;;+1;/p-1. The summed E-state index contributed by atoms with van der Waals surface area (Å²) in [6, 6.07) is 0. The number of carbonyl (C=O) groups is 6. The molecule has 0 saturated carbocycles. The van der Waals surface area contributed by atoms with E-state index in [4.69, 9.17) is 49.9 Å². The Labute approximate surface area is 171 Å². The first kappa shape index (κ1) is 35.9. The van der Waals surface area contributed by atoms with Crippen molar-refractivity contribution in [2.45, 2.75) is 19.3 Å². The fraction of sp³-hybridized carbons (Fsp3) is 0.333. The number of phosphoric acid groups is 1. The zero-order chi connectivity index (χ0) is 22.1. The third-order valence-electron chi connectivity index (χ3n) is 0.907. The summed E-state index contributed by atoms with van der Waals surface area (Å²) in [5, 5.41) is 46.2. The largest absolute Gasteiger partial charge is 1.00 e. The minimum absolute atomic E-state index is 0. The second-order valence-corrected chi connectivity index (χ2v) is 4.36. The van der Waals surface area contributed by atoms with Crippen LogP contribution in [0.3, 0.4) is 0 Å². The van der Waals surface area contributed by atoms with Crippen LogP contribution in [0.4, 0.5) is 0 Å². The Kier molecular flexibility index (Phi) is 26.9. The van der Waals surface area contributed by atoms with E-state index in [1.807, 2.05) is 0 Å². The van der Waals surface area contributed by atoms with Crippen LogP contribution in [0, 0.1) is 0 Å². The van der Waals surface area contributed by atoms with Crippen LogP contribution in [0.2, 0.25) is 0 Å². The van der Waals surface area contributed by atoms with E-state index in [9.17, 15) is 28.8 Å². The van der Waals surface area contributed by atoms with Gasteiger partial charge in [-0.15, -0.1) is 0 Å². The third kappa shape index (κ3) is 117. The van der Waals surface area contributed by atoms with Gasteiger partial charge in [-0.05, 0) is 0 Å². The van der Waals surface area contributed by atoms with Gasteiger partial charge < -0.3 is 45.3 Å². The molecule has 27 heavy (non-hydrogen) atoms. The SMILES string of the molecule is O=C(O)CC(=O)O.O=C(O)CC(=O)O.O=C(O)CC(=O)O.O=P([O-])(O)O.[Na+]. The Morgan fingerprint density at radius 3 is 0.630 bits per heavy atom. The molecule has 16 nitrogen and oxygen atoms in total. The Bertz CT molecular complexity index is 444. The molecule has 0 aromatic rings. The number of carboxylic acid groups (broad SMARTS) is 6. The molecule has 0 bridgehead atoms. The molecule has 152 valence electrons. The van der Waals surface area contributed by atoms with Crippen molar-refractivity contribution in [1.82, 2.24) is 0 Å². The maximum Gasteiger partial charge on any atom is 1.00 e. The van der Waals surface area contributed by atoms with Crippen molar-refractivity contribution in [2.24, 2.45) is 0 Å². The zero-order valence-electron chi connectivity index (χ0n) is 13.4. The quantitative estimate of drug-likeness (QED) is 0.110. The van der Waals surface area contributed by atoms with E-state index in [0.29, 0.717) is 0 Å². The number of rotatable bonds is 6. The van der Waals surface area contributed by atoms with Crippen molar-refractivity contribution in [1.29, 1.82) is 0 Å². The molecule has 0 rings (SSSR count). The molecule has 0 heterocycles. The van der Waals surface area contributed by atoms with E-state index in [1.165, 1.54) is 0 Å². The van der Waals surface area contributed by atoms with Crippen LogP contribution < -0.4 is 34.5 Å². The fourth-order valence-corrected chi connectivity index (χ4v) is 0.388. The molecule has 0 fully saturated rings. The van der Waals surface area contributed by atoms with Gasteiger partial charge in [-0.3, -0.25) is 33.3 Å². The minimum atomic E-state index is -4.89. The van der Waals surface area contributed by atoms with Crippen LogP contribution in [0.1, 0.15) is 19.3 Å². The number of carboxylic acids is 6. The maximum atomic E-state index is 9.43. The molecule has 0 amide bonds. The molecule has 0 aromatic carbocycles. The molecule has 0 aliphatic heterocycles. The van der Waals surface area contributed by atoms with Crippen molar-refractivity contribution < 1.29 is 108 Å². The van der Waals surface area contributed by atoms with E-state index in [2.05, 4.69) is 0 Å². The first-order valence-electron chi connectivity index (χ1n) is 5.45. The van der Waals surface area contributed by atoms with E-state index < -0.39 is 62.9 Å². The third-order valence-corrected chi connectivity index (χ3v) is 0.907. The van der Waals surface area contributed by atoms with Gasteiger partial charge in [0.25, 0.3) is 7.82 Å². The van der Waals surface area contributed by atoms with Crippen LogP contribution in [0.5, 0.6) is 0 Å². The van der Waals surface area contributed by atoms with Crippen molar-refractivity contribution in [3.63, 3.8) is 0 Å². The summed E-state index contributed by atoms with van der Waals surface area (Å²) in [4.78, 5) is 79.5. The molecule has 0 aliphatic carbocycles. The fourth-order valence-electron chi connectivity index (χ4n) is 0.388. The molecule has 0 saturated heterocycles. The van der Waals surface area contributed by atoms with Crippen molar-refractivity contribution in [2.75, 3.05) is 0 Å². The molecule has 0 aliphatic rings. The van der Waals surface area contributed by atoms with Crippen LogP contribution in [-0.4, -0.2) is 76.2 Å². The number of aliphatic carboxylic acids is 6. The van der Waals surface area contributed by atoms with E-state index >= 15 is 0 Å². The Morgan fingerprint density at radius 1 is 0.556 bits per heavy atom. The Balaban J connectivity index is -0.0000000793. The Morgan fingerprint density at radius 2 is 0.630 bits per heavy atom. The molecule has 8 N–H and O–H groups in total. The first-order chi connectivity index (χ1) is 11.4. The van der Waals surface area contributed by atoms with Crippen LogP contribution in [-0.2, 0) is 33.3 Å². The summed E-state index contributed by atoms with van der Waals surface area (Å²) in [6.07, 6.45) is -2.42. The van der Waals surface area contributed by atoms with E-state index in [1.54, 1.807) is 0 Å². The summed E-state index contributed by atoms with van der Waals surface area (Å²) in [7, 11) is -4.89. The first-order valence-corrected chi connectivity index (χ1v) is 6.98. The van der Waals surface area contributed by atoms with Gasteiger partial charge in [-0.25, -0.2) is 0 Å². The van der Waals surface area contributed by atoms with Gasteiger partial charge in [0, 0.05) is 0 Å². The van der Waals surface area contributed by atoms with Crippen LogP contribution >= 0.6 is 7.82 Å². The molecule has 0 spiro atoms. The average Bonchev–Trinajstić information content (AvgIpc) is 2.20. The second-order valence-electron chi connectivity index (χ2n) is 3.38. The van der Waals surface area contributed by atoms with Crippen molar-refractivity contribution in [3.8, 4) is 0 Å². The molecular formula is C9H14NaO16P. The van der Waals surface area contributed by atoms with Gasteiger partial charge in [-0.1, -0.05) is 0 Å². The zero-order valence-corrected chi connectivity index (χ0v) is 16.3. The van der Waals surface area contributed by atoms with Gasteiger partial charge in [0.2, 0.25) is 0 Å². The Hall–Kier alpha value is -2.07. The summed E-state index contributed by atoms with van der Waals surface area (Å²) in [5.41, 5.74) is 0. The molecule has 0 unspecified atom stereocenters. The second kappa shape index (κ2) is 20.2. The maximum absolute atomic E-state index is 9.43. The van der Waals surface area contributed by atoms with Gasteiger partial charge >= 0.3 is 65.4 Å². The average molecular weight is 432 g/mol. The van der Waals surface area contributed by atoms with Crippen molar-refractivity contribution >= 4 is 43.6 Å². The normalized spacial score (nSPS) is 8.41. The smallest absolute Gasteiger partial charge is 0.756 e. The van der Waals surface area contributed by atoms with Crippen LogP contribution in [0.25, 0.3) is 0 Å². The van der Waals surface area contributed by atoms with E-state index in [0.717, 1.165) is 0 Å². The van der Waals surface area contributed by atoms with E-state index in [-0.39, 0.29) is 29.6 Å². The minimum Gasteiger partial charge on any atom is -0.756 e. The van der Waals surface area contributed by atoms with Gasteiger partial charge in [-0.2, -0.15) is 0 Å². The summed E-state index contributed by atoms with van der Waals surface area (Å²) in [5.74, 6) is -7.88. The van der Waals surface area contributed by atoms with Gasteiger partial charge in [0.1, 0.15) is 19.3 Å². The predicted molar refractivity (Wildman–Crippen MR) is 71.7 cm³/mol. The van der Waals surface area contributed by atoms with Gasteiger partial charge in [0.15, 0.2) is 0 Å². The number of hydrogen-bond donors (Lipinski definition) is 8. The van der Waals surface area contributed by atoms with Crippen molar-refractivity contribution in [3.05, 3.63) is 0 Å². The predicted octanol–water partition coefficient (Wildman–Crippen LogP) is -5.92. The molecule has 18 heteroatoms. The number of hydrogen-bond acceptors (Lipinski definition) is 8. The summed E-state index contributed by atoms with van der Waals surface area (Å²) < 4.78 is 8.77. The van der Waals surface area contributed by atoms with Crippen LogP contribution in [0.15, 0.2) is 0 Å². The van der Waals surface area contributed by atoms with Gasteiger partial charge in [0.05, 0.1) is 0 Å². The summed E-state index contributed by atoms with van der Waals surface area (Å²) >= 11 is 0.